The lowest BCUT2D eigenvalue weighted by atomic mass is 10.00. The lowest BCUT2D eigenvalue weighted by Crippen LogP contribution is -2.44. The highest BCUT2D eigenvalue weighted by Gasteiger charge is 2.24. The first-order chi connectivity index (χ1) is 11.4. The van der Waals surface area contributed by atoms with Crippen LogP contribution in [-0.2, 0) is 19.2 Å². The van der Waals surface area contributed by atoms with Crippen molar-refractivity contribution in [2.75, 3.05) is 13.1 Å². The number of rotatable bonds is 6. The van der Waals surface area contributed by atoms with E-state index in [1.54, 1.807) is 37.1 Å². The van der Waals surface area contributed by atoms with E-state index in [1.807, 2.05) is 13.0 Å². The van der Waals surface area contributed by atoms with Crippen molar-refractivity contribution in [3.05, 3.63) is 53.6 Å². The molecule has 2 aromatic rings. The fourth-order valence-corrected chi connectivity index (χ4v) is 2.20. The molecule has 0 radical (unpaired) electrons. The molecule has 0 aliphatic rings. The van der Waals surface area contributed by atoms with Crippen molar-refractivity contribution in [1.29, 1.82) is 0 Å². The Morgan fingerprint density at radius 2 is 2.16 bits per heavy atom. The van der Waals surface area contributed by atoms with Crippen molar-refractivity contribution < 1.29 is 9.50 Å². The van der Waals surface area contributed by atoms with E-state index >= 15 is 0 Å². The Kier molecular flexibility index (Phi) is 8.30. The van der Waals surface area contributed by atoms with Gasteiger partial charge in [0.1, 0.15) is 11.4 Å². The fourth-order valence-electron chi connectivity index (χ4n) is 2.20. The Labute approximate surface area is 164 Å². The zero-order chi connectivity index (χ0) is 17.6. The average Bonchev–Trinajstić information content (AvgIpc) is 2.98. The van der Waals surface area contributed by atoms with Gasteiger partial charge in [0.05, 0.1) is 19.3 Å². The van der Waals surface area contributed by atoms with Crippen LogP contribution >= 0.6 is 24.0 Å². The summed E-state index contributed by atoms with van der Waals surface area (Å²) in [4.78, 5) is 4.42. The minimum absolute atomic E-state index is 0. The topological polar surface area (TPSA) is 74.5 Å². The van der Waals surface area contributed by atoms with Gasteiger partial charge < -0.3 is 15.7 Å². The molecule has 0 bridgehead atoms. The molecule has 0 amide bonds. The van der Waals surface area contributed by atoms with E-state index in [0.717, 1.165) is 11.1 Å². The molecule has 3 N–H and O–H groups in total. The summed E-state index contributed by atoms with van der Waals surface area (Å²) >= 11 is 0. The summed E-state index contributed by atoms with van der Waals surface area (Å²) in [7, 11) is 1.80. The van der Waals surface area contributed by atoms with Gasteiger partial charge in [-0.25, -0.2) is 9.38 Å². The molecule has 0 saturated heterocycles. The number of aliphatic hydroxyl groups is 1. The van der Waals surface area contributed by atoms with E-state index in [1.165, 1.54) is 12.1 Å². The molecule has 1 aromatic carbocycles. The third kappa shape index (κ3) is 6.62. The molecule has 6 nitrogen and oxygen atoms in total. The van der Waals surface area contributed by atoms with Crippen LogP contribution in [-0.4, -0.2) is 33.9 Å². The van der Waals surface area contributed by atoms with E-state index in [2.05, 4.69) is 20.7 Å². The summed E-state index contributed by atoms with van der Waals surface area (Å²) in [5, 5.41) is 20.9. The number of hydrogen-bond donors (Lipinski definition) is 3. The maximum absolute atomic E-state index is 13.2. The van der Waals surface area contributed by atoms with Gasteiger partial charge in [-0.05, 0) is 31.5 Å². The van der Waals surface area contributed by atoms with Crippen LogP contribution in [0.15, 0.2) is 41.7 Å². The number of benzene rings is 1. The highest BCUT2D eigenvalue weighted by atomic mass is 127. The van der Waals surface area contributed by atoms with Crippen LogP contribution in [0.4, 0.5) is 4.39 Å². The van der Waals surface area contributed by atoms with Crippen molar-refractivity contribution in [3.8, 4) is 0 Å². The number of hydrogen-bond acceptors (Lipinski definition) is 3. The molecule has 1 aromatic heterocycles. The third-order valence-electron chi connectivity index (χ3n) is 3.58. The number of aryl methyl sites for hydroxylation is 1. The Morgan fingerprint density at radius 3 is 2.76 bits per heavy atom. The van der Waals surface area contributed by atoms with Gasteiger partial charge in [-0.1, -0.05) is 12.1 Å². The molecule has 0 spiro atoms. The summed E-state index contributed by atoms with van der Waals surface area (Å²) in [5.41, 5.74) is 0.424. The molecule has 0 saturated carbocycles. The number of nitrogens with one attached hydrogen (secondary N) is 2. The Balaban J connectivity index is 0.00000312. The van der Waals surface area contributed by atoms with Crippen molar-refractivity contribution in [3.63, 3.8) is 0 Å². The van der Waals surface area contributed by atoms with E-state index in [0.29, 0.717) is 19.0 Å². The van der Waals surface area contributed by atoms with Crippen molar-refractivity contribution in [2.45, 2.75) is 26.0 Å². The van der Waals surface area contributed by atoms with Gasteiger partial charge in [-0.3, -0.25) is 4.68 Å². The molecule has 0 aliphatic carbocycles. The molecule has 1 unspecified atom stereocenters. The zero-order valence-corrected chi connectivity index (χ0v) is 17.0. The first-order valence-electron chi connectivity index (χ1n) is 7.89. The van der Waals surface area contributed by atoms with E-state index < -0.39 is 5.60 Å². The maximum Gasteiger partial charge on any atom is 0.191 e. The Morgan fingerprint density at radius 1 is 1.40 bits per heavy atom. The van der Waals surface area contributed by atoms with Crippen LogP contribution in [0.2, 0.25) is 0 Å². The third-order valence-corrected chi connectivity index (χ3v) is 3.58. The summed E-state index contributed by atoms with van der Waals surface area (Å²) in [6.07, 6.45) is 3.41. The number of aromatic nitrogens is 2. The van der Waals surface area contributed by atoms with Gasteiger partial charge in [-0.2, -0.15) is 5.10 Å². The highest BCUT2D eigenvalue weighted by Crippen LogP contribution is 2.18. The number of nitrogens with zero attached hydrogens (tertiary/aromatic N) is 3. The molecule has 8 heteroatoms. The molecular formula is C17H25FIN5O. The second kappa shape index (κ2) is 9.71. The largest absolute Gasteiger partial charge is 0.383 e. The van der Waals surface area contributed by atoms with E-state index in [4.69, 9.17) is 0 Å². The van der Waals surface area contributed by atoms with Crippen LogP contribution in [0.1, 0.15) is 25.0 Å². The molecule has 0 fully saturated rings. The fraction of sp³-hybridized carbons (Fsp3) is 0.412. The van der Waals surface area contributed by atoms with Crippen LogP contribution in [0.25, 0.3) is 0 Å². The average molecular weight is 461 g/mol. The smallest absolute Gasteiger partial charge is 0.191 e. The second-order valence-electron chi connectivity index (χ2n) is 5.86. The molecule has 1 atom stereocenters. The van der Waals surface area contributed by atoms with Gasteiger partial charge >= 0.3 is 0 Å². The van der Waals surface area contributed by atoms with Crippen molar-refractivity contribution in [1.82, 2.24) is 20.4 Å². The predicted molar refractivity (Wildman–Crippen MR) is 107 cm³/mol. The van der Waals surface area contributed by atoms with E-state index in [-0.39, 0.29) is 36.3 Å². The minimum Gasteiger partial charge on any atom is -0.383 e. The summed E-state index contributed by atoms with van der Waals surface area (Å²) in [5.74, 6) is 0.283. The van der Waals surface area contributed by atoms with Gasteiger partial charge in [-0.15, -0.1) is 24.0 Å². The Bertz CT molecular complexity index is 702. The predicted octanol–water partition coefficient (Wildman–Crippen LogP) is 2.14. The molecule has 138 valence electrons. The molecular weight excluding hydrogens is 436 g/mol. The molecule has 0 aliphatic heterocycles. The lowest BCUT2D eigenvalue weighted by Gasteiger charge is -2.23. The van der Waals surface area contributed by atoms with Crippen LogP contribution < -0.4 is 10.6 Å². The maximum atomic E-state index is 13.2. The number of halogens is 2. The second-order valence-corrected chi connectivity index (χ2v) is 5.86. The molecule has 1 heterocycles. The molecule has 2 rings (SSSR count). The normalized spacial score (nSPS) is 13.7. The SMILES string of the molecule is CCNC(=NCc1cccc(F)c1)NCC(C)(O)c1cnn(C)c1.I. The van der Waals surface area contributed by atoms with Gasteiger partial charge in [0, 0.05) is 25.4 Å². The number of guanidine groups is 1. The summed E-state index contributed by atoms with van der Waals surface area (Å²) in [6.45, 7) is 4.98. The standard InChI is InChI=1S/C17H24FN5O.HI/c1-4-19-16(20-9-13-6-5-7-15(18)8-13)21-12-17(2,24)14-10-22-23(3)11-14;/h5-8,10-11,24H,4,9,12H2,1-3H3,(H2,19,20,21);1H. The quantitative estimate of drug-likeness (QED) is 0.350. The molecule has 25 heavy (non-hydrogen) atoms. The lowest BCUT2D eigenvalue weighted by molar-refractivity contribution is 0.0616. The van der Waals surface area contributed by atoms with Crippen LogP contribution in [0, 0.1) is 5.82 Å². The Hall–Kier alpha value is -1.68. The first-order valence-corrected chi connectivity index (χ1v) is 7.89. The monoisotopic (exact) mass is 461 g/mol. The summed E-state index contributed by atoms with van der Waals surface area (Å²) < 4.78 is 14.9. The number of aliphatic imine (C=N–C) groups is 1. The highest BCUT2D eigenvalue weighted by molar-refractivity contribution is 14.0. The minimum atomic E-state index is -1.08. The van der Waals surface area contributed by atoms with Crippen LogP contribution in [0.3, 0.4) is 0 Å². The van der Waals surface area contributed by atoms with Crippen LogP contribution in [0.5, 0.6) is 0 Å². The van der Waals surface area contributed by atoms with E-state index in [9.17, 15) is 9.50 Å². The van der Waals surface area contributed by atoms with Gasteiger partial charge in [0.15, 0.2) is 5.96 Å². The first kappa shape index (κ1) is 21.4. The van der Waals surface area contributed by atoms with Crippen molar-refractivity contribution >= 4 is 29.9 Å². The summed E-state index contributed by atoms with van der Waals surface area (Å²) in [6, 6.07) is 6.34. The van der Waals surface area contributed by atoms with Gasteiger partial charge in [0.2, 0.25) is 0 Å². The zero-order valence-electron chi connectivity index (χ0n) is 14.7. The van der Waals surface area contributed by atoms with Crippen molar-refractivity contribution in [2.24, 2.45) is 12.0 Å². The van der Waals surface area contributed by atoms with Gasteiger partial charge in [0.25, 0.3) is 0 Å².